The molecule has 20 heavy (non-hydrogen) atoms. The molecule has 2 aromatic rings. The summed E-state index contributed by atoms with van der Waals surface area (Å²) in [5.41, 5.74) is 1.14. The average Bonchev–Trinajstić information content (AvgIpc) is 2.45. The quantitative estimate of drug-likeness (QED) is 0.917. The molecule has 0 fully saturated rings. The van der Waals surface area contributed by atoms with Crippen LogP contribution in [0, 0.1) is 0 Å². The molecule has 1 aromatic carbocycles. The summed E-state index contributed by atoms with van der Waals surface area (Å²) in [7, 11) is 1.88. The second-order valence-corrected chi connectivity index (χ2v) is 4.74. The molecule has 0 bridgehead atoms. The summed E-state index contributed by atoms with van der Waals surface area (Å²) in [6, 6.07) is 10.4. The number of halogens is 1. The number of aromatic nitrogens is 2. The molecule has 0 spiro atoms. The summed E-state index contributed by atoms with van der Waals surface area (Å²) < 4.78 is 0. The minimum absolute atomic E-state index is 0.336. The van der Waals surface area contributed by atoms with Crippen LogP contribution in [-0.4, -0.2) is 34.9 Å². The van der Waals surface area contributed by atoms with Gasteiger partial charge >= 0.3 is 5.97 Å². The van der Waals surface area contributed by atoms with Gasteiger partial charge in [0.25, 0.3) is 0 Å². The molecule has 104 valence electrons. The largest absolute Gasteiger partial charge is 0.478 e. The molecular formula is C14H14ClN3O2. The Balaban J connectivity index is 2.05. The predicted molar refractivity (Wildman–Crippen MR) is 77.4 cm³/mol. The Morgan fingerprint density at radius 3 is 2.65 bits per heavy atom. The molecule has 0 radical (unpaired) electrons. The standard InChI is InChI=1S/C14H14ClN3O2/c1-18(13-7-6-12(15)16-17-13)9-8-10-4-2-3-5-11(10)14(19)20/h2-7H,8-9H2,1H3,(H,19,20). The van der Waals surface area contributed by atoms with Crippen molar-refractivity contribution in [3.05, 3.63) is 52.7 Å². The van der Waals surface area contributed by atoms with Gasteiger partial charge in [0.05, 0.1) is 5.56 Å². The minimum Gasteiger partial charge on any atom is -0.478 e. The summed E-state index contributed by atoms with van der Waals surface area (Å²) in [5.74, 6) is -0.211. The Bertz CT molecular complexity index is 602. The number of rotatable bonds is 5. The number of hydrogen-bond donors (Lipinski definition) is 1. The molecule has 5 nitrogen and oxygen atoms in total. The van der Waals surface area contributed by atoms with Crippen LogP contribution in [0.5, 0.6) is 0 Å². The molecule has 1 aromatic heterocycles. The first kappa shape index (κ1) is 14.3. The third-order valence-corrected chi connectivity index (χ3v) is 3.17. The summed E-state index contributed by atoms with van der Waals surface area (Å²) in [5, 5.41) is 17.2. The van der Waals surface area contributed by atoms with E-state index in [4.69, 9.17) is 16.7 Å². The van der Waals surface area contributed by atoms with Crippen molar-refractivity contribution >= 4 is 23.4 Å². The van der Waals surface area contributed by atoms with E-state index in [1.54, 1.807) is 24.3 Å². The van der Waals surface area contributed by atoms with E-state index in [0.717, 1.165) is 5.56 Å². The van der Waals surface area contributed by atoms with E-state index in [9.17, 15) is 4.79 Å². The van der Waals surface area contributed by atoms with Crippen molar-refractivity contribution in [3.63, 3.8) is 0 Å². The zero-order chi connectivity index (χ0) is 14.5. The van der Waals surface area contributed by atoms with Crippen LogP contribution in [-0.2, 0) is 6.42 Å². The number of carboxylic acids is 1. The number of carboxylic acid groups (broad SMARTS) is 1. The van der Waals surface area contributed by atoms with E-state index >= 15 is 0 Å². The fraction of sp³-hybridized carbons (Fsp3) is 0.214. The fourth-order valence-corrected chi connectivity index (χ4v) is 1.96. The SMILES string of the molecule is CN(CCc1ccccc1C(=O)O)c1ccc(Cl)nn1. The number of aromatic carboxylic acids is 1. The van der Waals surface area contributed by atoms with Crippen LogP contribution < -0.4 is 4.90 Å². The van der Waals surface area contributed by atoms with Crippen LogP contribution in [0.1, 0.15) is 15.9 Å². The molecule has 0 atom stereocenters. The fourth-order valence-electron chi connectivity index (χ4n) is 1.86. The van der Waals surface area contributed by atoms with Gasteiger partial charge in [-0.3, -0.25) is 0 Å². The van der Waals surface area contributed by atoms with Gasteiger partial charge in [-0.1, -0.05) is 29.8 Å². The zero-order valence-electron chi connectivity index (χ0n) is 11.0. The van der Waals surface area contributed by atoms with Crippen molar-refractivity contribution < 1.29 is 9.90 Å². The Kier molecular flexibility index (Phi) is 4.53. The number of likely N-dealkylation sites (N-methyl/N-ethyl adjacent to an activating group) is 1. The lowest BCUT2D eigenvalue weighted by Gasteiger charge is -2.17. The average molecular weight is 292 g/mol. The van der Waals surface area contributed by atoms with Crippen molar-refractivity contribution in [1.82, 2.24) is 10.2 Å². The van der Waals surface area contributed by atoms with Crippen LogP contribution in [0.4, 0.5) is 5.82 Å². The van der Waals surface area contributed by atoms with Crippen LogP contribution in [0.25, 0.3) is 0 Å². The molecular weight excluding hydrogens is 278 g/mol. The predicted octanol–water partition coefficient (Wildman–Crippen LogP) is 2.51. The number of hydrogen-bond acceptors (Lipinski definition) is 4. The normalized spacial score (nSPS) is 10.3. The minimum atomic E-state index is -0.908. The monoisotopic (exact) mass is 291 g/mol. The number of carbonyl (C=O) groups is 1. The molecule has 0 amide bonds. The third-order valence-electron chi connectivity index (χ3n) is 2.97. The highest BCUT2D eigenvalue weighted by Gasteiger charge is 2.10. The van der Waals surface area contributed by atoms with Crippen LogP contribution in [0.15, 0.2) is 36.4 Å². The van der Waals surface area contributed by atoms with E-state index in [2.05, 4.69) is 10.2 Å². The van der Waals surface area contributed by atoms with Crippen LogP contribution in [0.2, 0.25) is 5.15 Å². The smallest absolute Gasteiger partial charge is 0.335 e. The van der Waals surface area contributed by atoms with Crippen LogP contribution >= 0.6 is 11.6 Å². The van der Waals surface area contributed by atoms with Gasteiger partial charge < -0.3 is 10.0 Å². The second-order valence-electron chi connectivity index (χ2n) is 4.35. The maximum atomic E-state index is 11.1. The second kappa shape index (κ2) is 6.34. The van der Waals surface area contributed by atoms with Gasteiger partial charge in [0.2, 0.25) is 0 Å². The molecule has 0 aliphatic rings. The highest BCUT2D eigenvalue weighted by molar-refractivity contribution is 6.29. The maximum absolute atomic E-state index is 11.1. The van der Waals surface area contributed by atoms with Gasteiger partial charge in [0, 0.05) is 13.6 Å². The topological polar surface area (TPSA) is 66.3 Å². The third kappa shape index (κ3) is 3.45. The highest BCUT2D eigenvalue weighted by atomic mass is 35.5. The summed E-state index contributed by atoms with van der Waals surface area (Å²) in [4.78, 5) is 13.0. The lowest BCUT2D eigenvalue weighted by atomic mass is 10.0. The molecule has 0 unspecified atom stereocenters. The number of nitrogens with zero attached hydrogens (tertiary/aromatic N) is 3. The summed E-state index contributed by atoms with van der Waals surface area (Å²) >= 11 is 5.69. The zero-order valence-corrected chi connectivity index (χ0v) is 11.7. The molecule has 1 heterocycles. The molecule has 0 aliphatic carbocycles. The Morgan fingerprint density at radius 1 is 1.25 bits per heavy atom. The first-order valence-electron chi connectivity index (χ1n) is 6.09. The van der Waals surface area contributed by atoms with Crippen molar-refractivity contribution in [1.29, 1.82) is 0 Å². The maximum Gasteiger partial charge on any atom is 0.335 e. The first-order chi connectivity index (χ1) is 9.58. The van der Waals surface area contributed by atoms with E-state index in [1.807, 2.05) is 24.1 Å². The Labute approximate surface area is 121 Å². The highest BCUT2D eigenvalue weighted by Crippen LogP contribution is 2.13. The van der Waals surface area contributed by atoms with Crippen molar-refractivity contribution in [3.8, 4) is 0 Å². The lowest BCUT2D eigenvalue weighted by molar-refractivity contribution is 0.0695. The van der Waals surface area contributed by atoms with Crippen molar-refractivity contribution in [2.45, 2.75) is 6.42 Å². The van der Waals surface area contributed by atoms with Crippen molar-refractivity contribution in [2.24, 2.45) is 0 Å². The van der Waals surface area contributed by atoms with E-state index in [0.29, 0.717) is 29.5 Å². The number of benzene rings is 1. The molecule has 0 aliphatic heterocycles. The van der Waals surface area contributed by atoms with Crippen LogP contribution in [0.3, 0.4) is 0 Å². The molecule has 1 N–H and O–H groups in total. The van der Waals surface area contributed by atoms with E-state index < -0.39 is 5.97 Å². The molecule has 6 heteroatoms. The van der Waals surface area contributed by atoms with E-state index in [1.165, 1.54) is 0 Å². The lowest BCUT2D eigenvalue weighted by Crippen LogP contribution is -2.22. The van der Waals surface area contributed by atoms with Gasteiger partial charge in [-0.2, -0.15) is 0 Å². The summed E-state index contributed by atoms with van der Waals surface area (Å²) in [6.07, 6.45) is 0.614. The Morgan fingerprint density at radius 2 is 2.00 bits per heavy atom. The Hall–Kier alpha value is -2.14. The van der Waals surface area contributed by atoms with E-state index in [-0.39, 0.29) is 0 Å². The van der Waals surface area contributed by atoms with Crippen molar-refractivity contribution in [2.75, 3.05) is 18.5 Å². The van der Waals surface area contributed by atoms with Gasteiger partial charge in [-0.15, -0.1) is 10.2 Å². The molecule has 2 rings (SSSR count). The molecule has 0 saturated carbocycles. The number of anilines is 1. The van der Waals surface area contributed by atoms with Gasteiger partial charge in [0.1, 0.15) is 0 Å². The van der Waals surface area contributed by atoms with Gasteiger partial charge in [0.15, 0.2) is 11.0 Å². The molecule has 0 saturated heterocycles. The van der Waals surface area contributed by atoms with Gasteiger partial charge in [-0.25, -0.2) is 4.79 Å². The van der Waals surface area contributed by atoms with Gasteiger partial charge in [-0.05, 0) is 30.2 Å². The summed E-state index contributed by atoms with van der Waals surface area (Å²) in [6.45, 7) is 0.639. The first-order valence-corrected chi connectivity index (χ1v) is 6.47.